The number of nitriles is 1. The maximum atomic E-state index is 11.8. The Labute approximate surface area is 229 Å². The van der Waals surface area contributed by atoms with Crippen LogP contribution in [0.3, 0.4) is 0 Å². The Bertz CT molecular complexity index is 1370. The van der Waals surface area contributed by atoms with Gasteiger partial charge in [0.25, 0.3) is 0 Å². The van der Waals surface area contributed by atoms with Crippen LogP contribution in [-0.2, 0) is 17.8 Å². The monoisotopic (exact) mass is 529 g/mol. The second-order valence-corrected chi connectivity index (χ2v) is 11.3. The number of nitrogens with one attached hydrogen (secondary N) is 2. The number of anilines is 1. The number of ether oxygens (including phenoxy) is 1. The summed E-state index contributed by atoms with van der Waals surface area (Å²) in [7, 11) is 1.66. The van der Waals surface area contributed by atoms with Crippen LogP contribution in [0.5, 0.6) is 5.75 Å². The van der Waals surface area contributed by atoms with Crippen molar-refractivity contribution in [2.45, 2.75) is 69.1 Å². The summed E-state index contributed by atoms with van der Waals surface area (Å²) in [6.07, 6.45) is 5.75. The van der Waals surface area contributed by atoms with Crippen LogP contribution in [0, 0.1) is 11.3 Å². The lowest BCUT2D eigenvalue weighted by atomic mass is 9.89. The SMILES string of the molecule is CCC1CC(NCc2ccc3c(c2)NC(=O)CS3)CC(C)N1CCc1c(C#N)cnc2ccc(OC)cc12. The van der Waals surface area contributed by atoms with Crippen LogP contribution in [0.4, 0.5) is 5.69 Å². The zero-order chi connectivity index (χ0) is 26.6. The van der Waals surface area contributed by atoms with E-state index >= 15 is 0 Å². The number of amides is 1. The summed E-state index contributed by atoms with van der Waals surface area (Å²) in [4.78, 5) is 20.0. The molecule has 2 N–H and O–H groups in total. The van der Waals surface area contributed by atoms with Crippen LogP contribution >= 0.6 is 11.8 Å². The largest absolute Gasteiger partial charge is 0.497 e. The van der Waals surface area contributed by atoms with Gasteiger partial charge in [0.1, 0.15) is 11.8 Å². The van der Waals surface area contributed by atoms with Gasteiger partial charge >= 0.3 is 0 Å². The van der Waals surface area contributed by atoms with Crippen molar-refractivity contribution in [1.29, 1.82) is 5.26 Å². The highest BCUT2D eigenvalue weighted by Crippen LogP contribution is 2.33. The summed E-state index contributed by atoms with van der Waals surface area (Å²) in [5, 5.41) is 17.6. The zero-order valence-electron chi connectivity index (χ0n) is 22.3. The number of thioether (sulfide) groups is 1. The highest BCUT2D eigenvalue weighted by atomic mass is 32.2. The maximum Gasteiger partial charge on any atom is 0.234 e. The van der Waals surface area contributed by atoms with Crippen LogP contribution in [0.15, 0.2) is 47.5 Å². The molecule has 38 heavy (non-hydrogen) atoms. The van der Waals surface area contributed by atoms with Crippen LogP contribution < -0.4 is 15.4 Å². The number of nitrogens with zero attached hydrogens (tertiary/aromatic N) is 3. The Kier molecular flexibility index (Phi) is 8.18. The Balaban J connectivity index is 1.25. The van der Waals surface area contributed by atoms with Gasteiger partial charge in [-0.3, -0.25) is 14.7 Å². The van der Waals surface area contributed by atoms with Gasteiger partial charge in [-0.25, -0.2) is 0 Å². The summed E-state index contributed by atoms with van der Waals surface area (Å²) in [6.45, 7) is 6.28. The molecule has 0 saturated carbocycles. The molecule has 5 rings (SSSR count). The van der Waals surface area contributed by atoms with E-state index in [1.54, 1.807) is 25.1 Å². The van der Waals surface area contributed by atoms with Gasteiger partial charge in [0.05, 0.1) is 29.6 Å². The van der Waals surface area contributed by atoms with Crippen LogP contribution in [0.25, 0.3) is 10.9 Å². The molecule has 2 aliphatic rings. The molecule has 1 fully saturated rings. The Hall–Kier alpha value is -3.12. The van der Waals surface area contributed by atoms with E-state index in [0.29, 0.717) is 29.4 Å². The number of aromatic nitrogens is 1. The molecule has 0 radical (unpaired) electrons. The average Bonchev–Trinajstić information content (AvgIpc) is 2.94. The fourth-order valence-electron chi connectivity index (χ4n) is 5.90. The standard InChI is InChI=1S/C30H35N5O2S/c1-4-23-13-22(32-16-20-5-8-29-28(12-20)34-30(36)18-38-29)11-19(2)35(23)10-9-25-21(15-31)17-33-27-7-6-24(37-3)14-26(25)27/h5-8,12,14,17,19,22-23,32H,4,9-11,13,16,18H2,1-3H3,(H,34,36). The summed E-state index contributed by atoms with van der Waals surface area (Å²) in [5.41, 5.74) is 4.71. The molecule has 1 amide bonds. The highest BCUT2D eigenvalue weighted by molar-refractivity contribution is 8.00. The smallest absolute Gasteiger partial charge is 0.234 e. The first-order chi connectivity index (χ1) is 18.5. The summed E-state index contributed by atoms with van der Waals surface area (Å²) in [6, 6.07) is 15.9. The minimum Gasteiger partial charge on any atom is -0.497 e. The Morgan fingerprint density at radius 1 is 1.26 bits per heavy atom. The zero-order valence-corrected chi connectivity index (χ0v) is 23.1. The van der Waals surface area contributed by atoms with Gasteiger partial charge in [-0.05, 0) is 74.1 Å². The van der Waals surface area contributed by atoms with E-state index in [1.807, 2.05) is 18.2 Å². The van der Waals surface area contributed by atoms with Gasteiger partial charge in [-0.1, -0.05) is 13.0 Å². The van der Waals surface area contributed by atoms with Crippen LogP contribution in [0.1, 0.15) is 49.8 Å². The second-order valence-electron chi connectivity index (χ2n) is 10.3. The van der Waals surface area contributed by atoms with Crippen molar-refractivity contribution in [3.63, 3.8) is 0 Å². The van der Waals surface area contributed by atoms with Crippen molar-refractivity contribution < 1.29 is 9.53 Å². The van der Waals surface area contributed by atoms with Gasteiger partial charge in [0.15, 0.2) is 0 Å². The first-order valence-electron chi connectivity index (χ1n) is 13.4. The molecule has 0 aliphatic carbocycles. The molecule has 3 unspecified atom stereocenters. The normalized spacial score (nSPS) is 21.5. The number of benzene rings is 2. The lowest BCUT2D eigenvalue weighted by molar-refractivity contribution is -0.113. The molecule has 2 aliphatic heterocycles. The number of fused-ring (bicyclic) bond motifs is 2. The summed E-state index contributed by atoms with van der Waals surface area (Å²) in [5.74, 6) is 1.34. The number of pyridine rings is 1. The predicted molar refractivity (Wildman–Crippen MR) is 153 cm³/mol. The van der Waals surface area contributed by atoms with Gasteiger partial charge in [-0.15, -0.1) is 11.8 Å². The number of piperidine rings is 1. The van der Waals surface area contributed by atoms with Crippen molar-refractivity contribution in [2.24, 2.45) is 0 Å². The molecule has 3 aromatic rings. The quantitative estimate of drug-likeness (QED) is 0.418. The van der Waals surface area contributed by atoms with Gasteiger partial charge in [-0.2, -0.15) is 5.26 Å². The molecular weight excluding hydrogens is 494 g/mol. The third kappa shape index (κ3) is 5.65. The second kappa shape index (κ2) is 11.7. The predicted octanol–water partition coefficient (Wildman–Crippen LogP) is 5.12. The lowest BCUT2D eigenvalue weighted by Gasteiger charge is -2.44. The molecule has 3 heterocycles. The third-order valence-corrected chi connectivity index (χ3v) is 8.96. The number of carbonyl (C=O) groups excluding carboxylic acids is 1. The van der Waals surface area contributed by atoms with E-state index in [-0.39, 0.29) is 5.91 Å². The number of hydrogen-bond donors (Lipinski definition) is 2. The summed E-state index contributed by atoms with van der Waals surface area (Å²) >= 11 is 1.60. The highest BCUT2D eigenvalue weighted by Gasteiger charge is 2.32. The molecule has 7 nitrogen and oxygen atoms in total. The minimum atomic E-state index is 0.0698. The van der Waals surface area contributed by atoms with E-state index in [0.717, 1.165) is 71.6 Å². The maximum absolute atomic E-state index is 11.8. The third-order valence-electron chi connectivity index (χ3n) is 7.89. The molecule has 2 aromatic carbocycles. The van der Waals surface area contributed by atoms with Gasteiger partial charge in [0, 0.05) is 47.7 Å². The van der Waals surface area contributed by atoms with Crippen molar-refractivity contribution in [2.75, 3.05) is 24.7 Å². The Morgan fingerprint density at radius 3 is 2.92 bits per heavy atom. The summed E-state index contributed by atoms with van der Waals surface area (Å²) < 4.78 is 5.45. The van der Waals surface area contributed by atoms with Crippen LogP contribution in [-0.4, -0.2) is 53.3 Å². The number of methoxy groups -OCH3 is 1. The molecule has 3 atom stereocenters. The first-order valence-corrected chi connectivity index (χ1v) is 14.4. The van der Waals surface area contributed by atoms with Crippen molar-refractivity contribution in [3.05, 3.63) is 59.3 Å². The van der Waals surface area contributed by atoms with Gasteiger partial charge < -0.3 is 15.4 Å². The number of rotatable bonds is 8. The Morgan fingerprint density at radius 2 is 2.13 bits per heavy atom. The molecule has 1 saturated heterocycles. The first kappa shape index (κ1) is 26.5. The minimum absolute atomic E-state index is 0.0698. The van der Waals surface area contributed by atoms with Gasteiger partial charge in [0.2, 0.25) is 5.91 Å². The lowest BCUT2D eigenvalue weighted by Crippen LogP contribution is -2.53. The molecule has 0 bridgehead atoms. The topological polar surface area (TPSA) is 90.3 Å². The number of hydrogen-bond acceptors (Lipinski definition) is 7. The molecule has 198 valence electrons. The number of carbonyl (C=O) groups is 1. The molecule has 1 aromatic heterocycles. The van der Waals surface area contributed by atoms with E-state index < -0.39 is 0 Å². The van der Waals surface area contributed by atoms with Crippen molar-refractivity contribution in [3.8, 4) is 11.8 Å². The van der Waals surface area contributed by atoms with E-state index in [1.165, 1.54) is 5.56 Å². The van der Waals surface area contributed by atoms with E-state index in [9.17, 15) is 10.1 Å². The molecular formula is C30H35N5O2S. The van der Waals surface area contributed by atoms with E-state index in [2.05, 4.69) is 58.6 Å². The van der Waals surface area contributed by atoms with E-state index in [4.69, 9.17) is 4.74 Å². The molecule has 8 heteroatoms. The van der Waals surface area contributed by atoms with Crippen molar-refractivity contribution >= 4 is 34.3 Å². The van der Waals surface area contributed by atoms with Crippen LogP contribution in [0.2, 0.25) is 0 Å². The molecule has 0 spiro atoms. The number of likely N-dealkylation sites (tertiary alicyclic amines) is 1. The fourth-order valence-corrected chi connectivity index (χ4v) is 6.69. The average molecular weight is 530 g/mol. The fraction of sp³-hybridized carbons (Fsp3) is 0.433. The van der Waals surface area contributed by atoms with Crippen molar-refractivity contribution in [1.82, 2.24) is 15.2 Å².